The summed E-state index contributed by atoms with van der Waals surface area (Å²) in [6.07, 6.45) is 2.45. The molecule has 0 unspecified atom stereocenters. The Morgan fingerprint density at radius 2 is 1.48 bits per heavy atom. The summed E-state index contributed by atoms with van der Waals surface area (Å²) in [6, 6.07) is 13.0. The molecule has 2 aromatic carbocycles. The van der Waals surface area contributed by atoms with E-state index in [-0.39, 0.29) is 22.9 Å². The first-order valence-corrected chi connectivity index (χ1v) is 6.33. The Morgan fingerprint density at radius 1 is 0.810 bits per heavy atom. The molecule has 3 rings (SSSR count). The second-order valence-electron chi connectivity index (χ2n) is 4.52. The van der Waals surface area contributed by atoms with Gasteiger partial charge in [0.05, 0.1) is 5.56 Å². The number of hydrogen-bond donors (Lipinski definition) is 0. The van der Waals surface area contributed by atoms with Gasteiger partial charge in [-0.05, 0) is 42.5 Å². The number of carbonyl (C=O) groups excluding carboxylic acids is 3. The van der Waals surface area contributed by atoms with E-state index in [2.05, 4.69) is 0 Å². The van der Waals surface area contributed by atoms with Gasteiger partial charge in [-0.2, -0.15) is 0 Å². The quantitative estimate of drug-likeness (QED) is 0.626. The van der Waals surface area contributed by atoms with Gasteiger partial charge in [-0.15, -0.1) is 0 Å². The van der Waals surface area contributed by atoms with Crippen LogP contribution in [0.15, 0.2) is 60.7 Å². The van der Waals surface area contributed by atoms with E-state index < -0.39 is 5.97 Å². The van der Waals surface area contributed by atoms with Gasteiger partial charge in [0.15, 0.2) is 11.6 Å². The lowest BCUT2D eigenvalue weighted by atomic mass is 9.95. The first kappa shape index (κ1) is 13.0. The Morgan fingerprint density at radius 3 is 2.19 bits per heavy atom. The normalized spacial score (nSPS) is 13.0. The molecular formula is C17H10O4. The lowest BCUT2D eigenvalue weighted by Crippen LogP contribution is -2.13. The van der Waals surface area contributed by atoms with Gasteiger partial charge in [-0.1, -0.05) is 18.2 Å². The van der Waals surface area contributed by atoms with Crippen molar-refractivity contribution in [1.29, 1.82) is 0 Å². The van der Waals surface area contributed by atoms with E-state index in [1.165, 1.54) is 30.4 Å². The van der Waals surface area contributed by atoms with Crippen molar-refractivity contribution >= 4 is 17.5 Å². The molecule has 0 aromatic heterocycles. The minimum Gasteiger partial charge on any atom is -0.423 e. The Kier molecular flexibility index (Phi) is 3.20. The van der Waals surface area contributed by atoms with Crippen LogP contribution in [0.25, 0.3) is 0 Å². The highest BCUT2D eigenvalue weighted by Gasteiger charge is 2.20. The Hall–Kier alpha value is -3.01. The van der Waals surface area contributed by atoms with Crippen molar-refractivity contribution in [2.45, 2.75) is 0 Å². The second-order valence-corrected chi connectivity index (χ2v) is 4.52. The molecule has 0 radical (unpaired) electrons. The molecule has 0 aliphatic heterocycles. The smallest absolute Gasteiger partial charge is 0.343 e. The first-order valence-electron chi connectivity index (χ1n) is 6.33. The highest BCUT2D eigenvalue weighted by atomic mass is 16.5. The van der Waals surface area contributed by atoms with Crippen LogP contribution in [-0.2, 0) is 0 Å². The minimum atomic E-state index is -0.513. The molecule has 0 atom stereocenters. The van der Waals surface area contributed by atoms with Gasteiger partial charge < -0.3 is 4.74 Å². The molecule has 0 heterocycles. The highest BCUT2D eigenvalue weighted by Crippen LogP contribution is 2.23. The molecule has 4 heteroatoms. The fourth-order valence-electron chi connectivity index (χ4n) is 2.08. The van der Waals surface area contributed by atoms with Gasteiger partial charge in [0.25, 0.3) is 0 Å². The molecule has 0 N–H and O–H groups in total. The molecule has 0 bridgehead atoms. The lowest BCUT2D eigenvalue weighted by molar-refractivity contribution is 0.0734. The van der Waals surface area contributed by atoms with Crippen LogP contribution in [0.4, 0.5) is 0 Å². The summed E-state index contributed by atoms with van der Waals surface area (Å²) in [5.41, 5.74) is 0.986. The Bertz CT molecular complexity index is 773. The van der Waals surface area contributed by atoms with Crippen LogP contribution in [0.2, 0.25) is 0 Å². The van der Waals surface area contributed by atoms with Gasteiger partial charge in [-0.25, -0.2) is 4.79 Å². The number of hydrogen-bond acceptors (Lipinski definition) is 4. The molecule has 0 fully saturated rings. The van der Waals surface area contributed by atoms with Gasteiger partial charge in [-0.3, -0.25) is 9.59 Å². The Balaban J connectivity index is 1.89. The number of rotatable bonds is 2. The molecule has 21 heavy (non-hydrogen) atoms. The predicted octanol–water partition coefficient (Wildman–Crippen LogP) is 2.84. The molecule has 0 saturated heterocycles. The average Bonchev–Trinajstić information content (AvgIpc) is 2.52. The van der Waals surface area contributed by atoms with E-state index in [9.17, 15) is 14.4 Å². The molecule has 1 aliphatic carbocycles. The summed E-state index contributed by atoms with van der Waals surface area (Å²) in [6.45, 7) is 0. The van der Waals surface area contributed by atoms with Crippen LogP contribution < -0.4 is 4.74 Å². The SMILES string of the molecule is O=C(Oc1ccc2c(c1)C(=O)C=CC2=O)c1ccccc1. The van der Waals surface area contributed by atoms with Crippen molar-refractivity contribution in [2.24, 2.45) is 0 Å². The van der Waals surface area contributed by atoms with Crippen LogP contribution in [-0.4, -0.2) is 17.5 Å². The maximum Gasteiger partial charge on any atom is 0.343 e. The number of allylic oxidation sites excluding steroid dienone is 2. The third-order valence-corrected chi connectivity index (χ3v) is 3.13. The van der Waals surface area contributed by atoms with Gasteiger partial charge in [0.1, 0.15) is 5.75 Å². The van der Waals surface area contributed by atoms with Crippen LogP contribution >= 0.6 is 0 Å². The number of esters is 1. The van der Waals surface area contributed by atoms with Gasteiger partial charge in [0.2, 0.25) is 0 Å². The standard InChI is InChI=1S/C17H10O4/c18-15-8-9-16(19)14-10-12(6-7-13(14)15)21-17(20)11-4-2-1-3-5-11/h1-10H. The summed E-state index contributed by atoms with van der Waals surface area (Å²) in [5, 5.41) is 0. The van der Waals surface area contributed by atoms with E-state index in [1.807, 2.05) is 0 Å². The number of ether oxygens (including phenoxy) is 1. The van der Waals surface area contributed by atoms with Crippen LogP contribution in [0.3, 0.4) is 0 Å². The van der Waals surface area contributed by atoms with Crippen molar-refractivity contribution in [2.75, 3.05) is 0 Å². The minimum absolute atomic E-state index is 0.231. The zero-order valence-corrected chi connectivity index (χ0v) is 10.9. The van der Waals surface area contributed by atoms with Crippen molar-refractivity contribution in [3.05, 3.63) is 77.4 Å². The number of fused-ring (bicyclic) bond motifs is 1. The summed E-state index contributed by atoms with van der Waals surface area (Å²) in [4.78, 5) is 35.3. The van der Waals surface area contributed by atoms with E-state index in [0.717, 1.165) is 0 Å². The molecule has 2 aromatic rings. The van der Waals surface area contributed by atoms with Crippen molar-refractivity contribution in [1.82, 2.24) is 0 Å². The van der Waals surface area contributed by atoms with Gasteiger partial charge >= 0.3 is 5.97 Å². The topological polar surface area (TPSA) is 60.4 Å². The van der Waals surface area contributed by atoms with Crippen molar-refractivity contribution in [3.8, 4) is 5.75 Å². The monoisotopic (exact) mass is 278 g/mol. The molecule has 0 amide bonds. The second kappa shape index (κ2) is 5.17. The van der Waals surface area contributed by atoms with E-state index in [1.54, 1.807) is 30.3 Å². The summed E-state index contributed by atoms with van der Waals surface area (Å²) < 4.78 is 5.22. The van der Waals surface area contributed by atoms with Gasteiger partial charge in [0, 0.05) is 11.1 Å². The van der Waals surface area contributed by atoms with E-state index >= 15 is 0 Å². The largest absolute Gasteiger partial charge is 0.423 e. The first-order chi connectivity index (χ1) is 10.1. The fourth-order valence-corrected chi connectivity index (χ4v) is 2.08. The molecule has 102 valence electrons. The van der Waals surface area contributed by atoms with Crippen LogP contribution in [0, 0.1) is 0 Å². The molecule has 4 nitrogen and oxygen atoms in total. The molecule has 1 aliphatic rings. The number of carbonyl (C=O) groups is 3. The third-order valence-electron chi connectivity index (χ3n) is 3.13. The zero-order valence-electron chi connectivity index (χ0n) is 10.9. The average molecular weight is 278 g/mol. The third kappa shape index (κ3) is 2.51. The zero-order chi connectivity index (χ0) is 14.8. The highest BCUT2D eigenvalue weighted by molar-refractivity contribution is 6.22. The molecule has 0 saturated carbocycles. The summed E-state index contributed by atoms with van der Waals surface area (Å²) in [7, 11) is 0. The summed E-state index contributed by atoms with van der Waals surface area (Å²) >= 11 is 0. The van der Waals surface area contributed by atoms with E-state index in [4.69, 9.17) is 4.74 Å². The summed E-state index contributed by atoms with van der Waals surface area (Å²) in [5.74, 6) is -0.785. The molecular weight excluding hydrogens is 268 g/mol. The van der Waals surface area contributed by atoms with Crippen LogP contribution in [0.5, 0.6) is 5.75 Å². The van der Waals surface area contributed by atoms with E-state index in [0.29, 0.717) is 11.1 Å². The maximum absolute atomic E-state index is 11.9. The fraction of sp³-hybridized carbons (Fsp3) is 0. The van der Waals surface area contributed by atoms with Crippen LogP contribution in [0.1, 0.15) is 31.1 Å². The van der Waals surface area contributed by atoms with Crippen molar-refractivity contribution in [3.63, 3.8) is 0 Å². The number of ketones is 2. The van der Waals surface area contributed by atoms with Crippen molar-refractivity contribution < 1.29 is 19.1 Å². The lowest BCUT2D eigenvalue weighted by Gasteiger charge is -2.11. The maximum atomic E-state index is 11.9. The predicted molar refractivity (Wildman–Crippen MR) is 75.6 cm³/mol. The Labute approximate surface area is 120 Å². The number of benzene rings is 2. The molecule has 0 spiro atoms.